The summed E-state index contributed by atoms with van der Waals surface area (Å²) in [7, 11) is 0. The van der Waals surface area contributed by atoms with E-state index >= 15 is 0 Å². The van der Waals surface area contributed by atoms with Crippen LogP contribution in [0.1, 0.15) is 20.3 Å². The third-order valence-electron chi connectivity index (χ3n) is 3.18. The van der Waals surface area contributed by atoms with Crippen molar-refractivity contribution in [3.05, 3.63) is 36.4 Å². The van der Waals surface area contributed by atoms with Gasteiger partial charge in [-0.3, -0.25) is 0 Å². The molecule has 0 aliphatic rings. The number of hydrogen-bond donors (Lipinski definition) is 0. The molecule has 5 heteroatoms. The average Bonchev–Trinajstić information content (AvgIpc) is 2.36. The lowest BCUT2D eigenvalue weighted by molar-refractivity contribution is 0.290. The molecule has 0 fully saturated rings. The van der Waals surface area contributed by atoms with Gasteiger partial charge in [-0.05, 0) is 35.2 Å². The van der Waals surface area contributed by atoms with E-state index in [2.05, 4.69) is 13.8 Å². The predicted octanol–water partition coefficient (Wildman–Crippen LogP) is 4.32. The Hall–Kier alpha value is -1.65. The van der Waals surface area contributed by atoms with Gasteiger partial charge in [0.25, 0.3) is 0 Å². The van der Waals surface area contributed by atoms with Crippen LogP contribution in [0, 0.1) is 5.92 Å². The van der Waals surface area contributed by atoms with E-state index in [1.807, 2.05) is 0 Å². The Morgan fingerprint density at radius 1 is 1.00 bits per heavy atom. The Kier molecular flexibility index (Phi) is 4.26. The molecule has 0 spiro atoms. The third-order valence-corrected chi connectivity index (χ3v) is 3.18. The van der Waals surface area contributed by atoms with E-state index in [9.17, 15) is 12.9 Å². The lowest BCUT2D eigenvalue weighted by Crippen LogP contribution is -2.33. The minimum absolute atomic E-state index is 0.562. The summed E-state index contributed by atoms with van der Waals surface area (Å²) >= 11 is 0. The maximum absolute atomic E-state index is 12.7. The number of ether oxygens (including phenoxy) is 1. The van der Waals surface area contributed by atoms with Crippen LogP contribution < -0.4 is 10.2 Å². The lowest BCUT2D eigenvalue weighted by atomic mass is 9.79. The molecule has 20 heavy (non-hydrogen) atoms. The van der Waals surface area contributed by atoms with Gasteiger partial charge < -0.3 is 17.7 Å². The fourth-order valence-corrected chi connectivity index (χ4v) is 1.95. The second-order valence-electron chi connectivity index (χ2n) is 5.37. The van der Waals surface area contributed by atoms with Crippen molar-refractivity contribution in [3.8, 4) is 5.75 Å². The molecule has 2 rings (SSSR count). The summed E-state index contributed by atoms with van der Waals surface area (Å²) in [6.45, 7) is -0.0973. The fraction of sp³-hybridized carbons (Fsp3) is 0.333. The van der Waals surface area contributed by atoms with Crippen molar-refractivity contribution in [2.24, 2.45) is 5.92 Å². The largest absolute Gasteiger partial charge is 0.509 e. The van der Waals surface area contributed by atoms with Gasteiger partial charge in [-0.15, -0.1) is 5.46 Å². The van der Waals surface area contributed by atoms with Gasteiger partial charge in [-0.2, -0.15) is 0 Å². The number of rotatable bonds is 5. The highest BCUT2D eigenvalue weighted by Gasteiger charge is 2.25. The van der Waals surface area contributed by atoms with Crippen LogP contribution in [0.3, 0.4) is 0 Å². The van der Waals surface area contributed by atoms with Crippen molar-refractivity contribution < 1.29 is 17.7 Å². The molecule has 1 nitrogen and oxygen atoms in total. The summed E-state index contributed by atoms with van der Waals surface area (Å²) in [5, 5.41) is 1.34. The molecule has 0 unspecified atom stereocenters. The van der Waals surface area contributed by atoms with Crippen LogP contribution in [0.25, 0.3) is 10.8 Å². The van der Waals surface area contributed by atoms with E-state index in [0.29, 0.717) is 23.7 Å². The first-order chi connectivity index (χ1) is 9.36. The molecule has 0 saturated carbocycles. The van der Waals surface area contributed by atoms with Gasteiger partial charge in [0.2, 0.25) is 0 Å². The SMILES string of the molecule is CC(C)CCOc1ccc2cc([B-](F)(F)F)ccc2c1. The van der Waals surface area contributed by atoms with E-state index in [1.165, 1.54) is 12.1 Å². The highest BCUT2D eigenvalue weighted by molar-refractivity contribution is 6.73. The summed E-state index contributed by atoms with van der Waals surface area (Å²) in [6.07, 6.45) is 0.952. The molecule has 2 aromatic rings. The second kappa shape index (κ2) is 5.77. The number of benzene rings is 2. The molecule has 0 aliphatic heterocycles. The smallest absolute Gasteiger partial charge is 0.494 e. The van der Waals surface area contributed by atoms with Crippen molar-refractivity contribution in [2.75, 3.05) is 6.61 Å². The van der Waals surface area contributed by atoms with E-state index in [0.717, 1.165) is 17.9 Å². The number of fused-ring (bicyclic) bond motifs is 1. The molecule has 0 amide bonds. The maximum atomic E-state index is 12.7. The zero-order valence-electron chi connectivity index (χ0n) is 11.6. The summed E-state index contributed by atoms with van der Waals surface area (Å²) in [5.41, 5.74) is -0.564. The van der Waals surface area contributed by atoms with Gasteiger partial charge in [-0.25, -0.2) is 0 Å². The van der Waals surface area contributed by atoms with Crippen LogP contribution >= 0.6 is 0 Å². The van der Waals surface area contributed by atoms with Gasteiger partial charge in [0.05, 0.1) is 6.61 Å². The summed E-state index contributed by atoms with van der Waals surface area (Å²) in [4.78, 5) is 0. The van der Waals surface area contributed by atoms with Crippen LogP contribution in [0.5, 0.6) is 5.75 Å². The standard InChI is InChI=1S/C15H17BF3O/c1-11(2)7-8-20-15-6-4-12-9-14(16(17,18)19)5-3-13(12)10-15/h3-6,9-11H,7-8H2,1-2H3/q-1. The number of halogens is 3. The van der Waals surface area contributed by atoms with Crippen LogP contribution in [0.15, 0.2) is 36.4 Å². The Labute approximate surface area is 116 Å². The van der Waals surface area contributed by atoms with Crippen molar-refractivity contribution in [1.82, 2.24) is 0 Å². The van der Waals surface area contributed by atoms with E-state index in [4.69, 9.17) is 4.74 Å². The highest BCUT2D eigenvalue weighted by atomic mass is 19.4. The zero-order chi connectivity index (χ0) is 14.8. The van der Waals surface area contributed by atoms with E-state index in [1.54, 1.807) is 18.2 Å². The molecule has 0 saturated heterocycles. The van der Waals surface area contributed by atoms with Gasteiger partial charge in [-0.1, -0.05) is 38.1 Å². The van der Waals surface area contributed by atoms with E-state index < -0.39 is 12.4 Å². The lowest BCUT2D eigenvalue weighted by Gasteiger charge is -2.15. The minimum Gasteiger partial charge on any atom is -0.494 e. The Balaban J connectivity index is 2.19. The molecule has 2 aromatic carbocycles. The summed E-state index contributed by atoms with van der Waals surface area (Å²) in [5.74, 6) is 1.26. The highest BCUT2D eigenvalue weighted by Crippen LogP contribution is 2.22. The van der Waals surface area contributed by atoms with Crippen LogP contribution in [-0.2, 0) is 0 Å². The Morgan fingerprint density at radius 2 is 1.65 bits per heavy atom. The normalized spacial score (nSPS) is 12.1. The summed E-state index contributed by atoms with van der Waals surface area (Å²) in [6, 6.07) is 8.98. The molecule has 0 aliphatic carbocycles. The minimum atomic E-state index is -4.95. The molecule has 0 heterocycles. The van der Waals surface area contributed by atoms with E-state index in [-0.39, 0.29) is 0 Å². The van der Waals surface area contributed by atoms with Crippen molar-refractivity contribution in [3.63, 3.8) is 0 Å². The van der Waals surface area contributed by atoms with Gasteiger partial charge in [0.15, 0.2) is 0 Å². The molecule has 108 valence electrons. The van der Waals surface area contributed by atoms with Crippen molar-refractivity contribution >= 4 is 23.2 Å². The Morgan fingerprint density at radius 3 is 2.30 bits per heavy atom. The quantitative estimate of drug-likeness (QED) is 0.742. The molecular formula is C15H17BF3O-. The molecule has 0 aromatic heterocycles. The van der Waals surface area contributed by atoms with Crippen molar-refractivity contribution in [1.29, 1.82) is 0 Å². The summed E-state index contributed by atoms with van der Waals surface area (Å²) < 4.78 is 43.6. The average molecular weight is 281 g/mol. The van der Waals surface area contributed by atoms with Crippen LogP contribution in [0.2, 0.25) is 0 Å². The molecular weight excluding hydrogens is 264 g/mol. The van der Waals surface area contributed by atoms with Crippen LogP contribution in [0.4, 0.5) is 12.9 Å². The topological polar surface area (TPSA) is 9.23 Å². The second-order valence-corrected chi connectivity index (χ2v) is 5.37. The Bertz CT molecular complexity index is 593. The molecule has 0 N–H and O–H groups in total. The predicted molar refractivity (Wildman–Crippen MR) is 77.6 cm³/mol. The molecule has 0 atom stereocenters. The first kappa shape index (κ1) is 14.8. The van der Waals surface area contributed by atoms with Crippen LogP contribution in [-0.4, -0.2) is 13.6 Å². The van der Waals surface area contributed by atoms with Gasteiger partial charge >= 0.3 is 6.98 Å². The van der Waals surface area contributed by atoms with Gasteiger partial charge in [0, 0.05) is 0 Å². The monoisotopic (exact) mass is 281 g/mol. The third kappa shape index (κ3) is 3.68. The zero-order valence-corrected chi connectivity index (χ0v) is 11.6. The first-order valence-electron chi connectivity index (χ1n) is 6.73. The van der Waals surface area contributed by atoms with Crippen molar-refractivity contribution in [2.45, 2.75) is 20.3 Å². The number of hydrogen-bond acceptors (Lipinski definition) is 1. The fourth-order valence-electron chi connectivity index (χ4n) is 1.95. The van der Waals surface area contributed by atoms with Gasteiger partial charge in [0.1, 0.15) is 5.75 Å². The molecule has 0 bridgehead atoms. The molecule has 0 radical (unpaired) electrons. The first-order valence-corrected chi connectivity index (χ1v) is 6.73. The maximum Gasteiger partial charge on any atom is 0.509 e.